The van der Waals surface area contributed by atoms with E-state index in [9.17, 15) is 14.9 Å². The van der Waals surface area contributed by atoms with Gasteiger partial charge in [0.05, 0.1) is 0 Å². The summed E-state index contributed by atoms with van der Waals surface area (Å²) in [6.07, 6.45) is 8.05. The van der Waals surface area contributed by atoms with Crippen molar-refractivity contribution in [2.75, 3.05) is 0 Å². The summed E-state index contributed by atoms with van der Waals surface area (Å²) in [5, 5.41) is 10.7. The molecule has 0 aromatic rings. The lowest BCUT2D eigenvalue weighted by molar-refractivity contribution is -0.508. The summed E-state index contributed by atoms with van der Waals surface area (Å²) in [5.41, 5.74) is 0. The second-order valence-corrected chi connectivity index (χ2v) is 4.28. The molecular weight excluding hydrogens is 194 g/mol. The molecular formula is C11H19NO3. The highest BCUT2D eigenvalue weighted by molar-refractivity contribution is 5.82. The highest BCUT2D eigenvalue weighted by Gasteiger charge is 2.28. The number of hydrogen-bond donors (Lipinski definition) is 0. The Kier molecular flexibility index (Phi) is 5.29. The first-order chi connectivity index (χ1) is 7.22. The summed E-state index contributed by atoms with van der Waals surface area (Å²) in [7, 11) is 0. The molecule has 0 radical (unpaired) electrons. The van der Waals surface area contributed by atoms with Gasteiger partial charge in [-0.1, -0.05) is 32.1 Å². The van der Waals surface area contributed by atoms with Crippen molar-refractivity contribution in [2.45, 2.75) is 63.8 Å². The largest absolute Gasteiger partial charge is 0.292 e. The van der Waals surface area contributed by atoms with Gasteiger partial charge in [-0.25, -0.2) is 0 Å². The number of carbonyl (C=O) groups is 1. The molecule has 1 unspecified atom stereocenters. The van der Waals surface area contributed by atoms with E-state index in [4.69, 9.17) is 0 Å². The van der Waals surface area contributed by atoms with Gasteiger partial charge >= 0.3 is 0 Å². The molecule has 1 fully saturated rings. The lowest BCUT2D eigenvalue weighted by atomic mass is 10.0. The first-order valence-electron chi connectivity index (χ1n) is 5.88. The maximum atomic E-state index is 11.5. The molecule has 0 N–H and O–H groups in total. The Hall–Kier alpha value is -0.930. The van der Waals surface area contributed by atoms with Gasteiger partial charge in [0.15, 0.2) is 0 Å². The van der Waals surface area contributed by atoms with Crippen LogP contribution in [0.5, 0.6) is 0 Å². The van der Waals surface area contributed by atoms with Crippen LogP contribution < -0.4 is 0 Å². The zero-order valence-electron chi connectivity index (χ0n) is 9.11. The molecule has 1 atom stereocenters. The van der Waals surface area contributed by atoms with Crippen molar-refractivity contribution in [2.24, 2.45) is 0 Å². The molecule has 0 saturated heterocycles. The minimum absolute atomic E-state index is 0.165. The summed E-state index contributed by atoms with van der Waals surface area (Å²) in [5.74, 6) is -0.165. The van der Waals surface area contributed by atoms with Gasteiger partial charge in [0.1, 0.15) is 0 Å². The van der Waals surface area contributed by atoms with Crippen LogP contribution in [0.2, 0.25) is 0 Å². The molecule has 15 heavy (non-hydrogen) atoms. The zero-order valence-corrected chi connectivity index (χ0v) is 9.11. The average molecular weight is 213 g/mol. The van der Waals surface area contributed by atoms with Gasteiger partial charge in [-0.15, -0.1) is 0 Å². The fraction of sp³-hybridized carbons (Fsp3) is 0.909. The third-order valence-electron chi connectivity index (χ3n) is 3.03. The fourth-order valence-corrected chi connectivity index (χ4v) is 2.07. The highest BCUT2D eigenvalue weighted by Crippen LogP contribution is 2.16. The Morgan fingerprint density at radius 3 is 2.13 bits per heavy atom. The van der Waals surface area contributed by atoms with Gasteiger partial charge in [0, 0.05) is 17.8 Å². The van der Waals surface area contributed by atoms with Crippen LogP contribution >= 0.6 is 0 Å². The normalized spacial score (nSPS) is 25.6. The highest BCUT2D eigenvalue weighted by atomic mass is 16.6. The molecule has 1 saturated carbocycles. The van der Waals surface area contributed by atoms with Gasteiger partial charge in [-0.3, -0.25) is 14.9 Å². The molecule has 1 rings (SSSR count). The lowest BCUT2D eigenvalue weighted by Crippen LogP contribution is -2.29. The number of carbonyl (C=O) groups excluding carboxylic acids is 1. The first kappa shape index (κ1) is 12.1. The minimum atomic E-state index is -0.928. The van der Waals surface area contributed by atoms with Gasteiger partial charge in [0.2, 0.25) is 5.78 Å². The van der Waals surface area contributed by atoms with Crippen molar-refractivity contribution < 1.29 is 9.72 Å². The summed E-state index contributed by atoms with van der Waals surface area (Å²) in [6.45, 7) is 0. The molecule has 0 spiro atoms. The summed E-state index contributed by atoms with van der Waals surface area (Å²) >= 11 is 0. The molecule has 0 heterocycles. The van der Waals surface area contributed by atoms with E-state index in [1.165, 1.54) is 6.42 Å². The Morgan fingerprint density at radius 1 is 1.00 bits per heavy atom. The van der Waals surface area contributed by atoms with Crippen LogP contribution in [0.3, 0.4) is 0 Å². The number of hydrogen-bond acceptors (Lipinski definition) is 3. The van der Waals surface area contributed by atoms with Crippen molar-refractivity contribution in [3.63, 3.8) is 0 Å². The van der Waals surface area contributed by atoms with E-state index in [-0.39, 0.29) is 5.78 Å². The molecule has 86 valence electrons. The molecule has 0 aliphatic heterocycles. The number of nitro groups is 1. The monoisotopic (exact) mass is 213 g/mol. The number of rotatable bonds is 1. The molecule has 0 bridgehead atoms. The van der Waals surface area contributed by atoms with Crippen molar-refractivity contribution in [1.29, 1.82) is 0 Å². The van der Waals surface area contributed by atoms with Gasteiger partial charge in [-0.05, 0) is 12.8 Å². The Balaban J connectivity index is 2.50. The topological polar surface area (TPSA) is 60.2 Å². The quantitative estimate of drug-likeness (QED) is 0.497. The summed E-state index contributed by atoms with van der Waals surface area (Å²) in [6, 6.07) is -0.928. The zero-order chi connectivity index (χ0) is 11.1. The van der Waals surface area contributed by atoms with E-state index in [1.807, 2.05) is 0 Å². The van der Waals surface area contributed by atoms with Crippen LogP contribution in [-0.2, 0) is 4.79 Å². The maximum Gasteiger partial charge on any atom is 0.270 e. The Bertz CT molecular complexity index is 228. The van der Waals surface area contributed by atoms with Crippen LogP contribution in [-0.4, -0.2) is 16.7 Å². The van der Waals surface area contributed by atoms with Crippen molar-refractivity contribution >= 4 is 5.78 Å². The molecule has 1 aliphatic rings. The van der Waals surface area contributed by atoms with Crippen LogP contribution in [0.15, 0.2) is 0 Å². The standard InChI is InChI=1S/C11H19NO3/c13-11-9-7-5-3-1-2-4-6-8-10(11)12(14)15/h10H,1-9H2. The Morgan fingerprint density at radius 2 is 1.53 bits per heavy atom. The van der Waals surface area contributed by atoms with Crippen LogP contribution in [0.1, 0.15) is 57.8 Å². The molecule has 4 heteroatoms. The summed E-state index contributed by atoms with van der Waals surface area (Å²) in [4.78, 5) is 21.8. The maximum absolute atomic E-state index is 11.5. The SMILES string of the molecule is O=C1CCCCCCCCCC1[N+](=O)[O-]. The second-order valence-electron chi connectivity index (χ2n) is 4.28. The van der Waals surface area contributed by atoms with E-state index in [0.717, 1.165) is 38.5 Å². The van der Waals surface area contributed by atoms with E-state index < -0.39 is 11.0 Å². The minimum Gasteiger partial charge on any atom is -0.292 e. The first-order valence-corrected chi connectivity index (χ1v) is 5.88. The predicted octanol–water partition coefficient (Wildman–Crippen LogP) is 2.73. The third-order valence-corrected chi connectivity index (χ3v) is 3.03. The van der Waals surface area contributed by atoms with E-state index in [0.29, 0.717) is 12.8 Å². The van der Waals surface area contributed by atoms with E-state index in [1.54, 1.807) is 0 Å². The predicted molar refractivity (Wildman–Crippen MR) is 57.3 cm³/mol. The lowest BCUT2D eigenvalue weighted by Gasteiger charge is -2.06. The molecule has 0 aromatic heterocycles. The molecule has 0 aromatic carbocycles. The number of nitrogens with zero attached hydrogens (tertiary/aromatic N) is 1. The van der Waals surface area contributed by atoms with Crippen molar-refractivity contribution in [1.82, 2.24) is 0 Å². The van der Waals surface area contributed by atoms with Gasteiger partial charge < -0.3 is 0 Å². The van der Waals surface area contributed by atoms with Crippen LogP contribution in [0.4, 0.5) is 0 Å². The summed E-state index contributed by atoms with van der Waals surface area (Å²) < 4.78 is 0. The van der Waals surface area contributed by atoms with Crippen LogP contribution in [0, 0.1) is 10.1 Å². The smallest absolute Gasteiger partial charge is 0.270 e. The van der Waals surface area contributed by atoms with Gasteiger partial charge in [0.25, 0.3) is 6.04 Å². The molecule has 1 aliphatic carbocycles. The molecule has 4 nitrogen and oxygen atoms in total. The second kappa shape index (κ2) is 6.53. The van der Waals surface area contributed by atoms with E-state index in [2.05, 4.69) is 0 Å². The van der Waals surface area contributed by atoms with Crippen molar-refractivity contribution in [3.8, 4) is 0 Å². The number of ketones is 1. The molecule has 0 amide bonds. The Labute approximate surface area is 90.2 Å². The van der Waals surface area contributed by atoms with Gasteiger partial charge in [-0.2, -0.15) is 0 Å². The van der Waals surface area contributed by atoms with E-state index >= 15 is 0 Å². The average Bonchev–Trinajstić information content (AvgIpc) is 2.23. The fourth-order valence-electron chi connectivity index (χ4n) is 2.07. The third kappa shape index (κ3) is 4.40. The number of Topliss-reactive ketones (excluding diaryl/α,β-unsaturated/α-hetero) is 1. The van der Waals surface area contributed by atoms with Crippen molar-refractivity contribution in [3.05, 3.63) is 10.1 Å². The van der Waals surface area contributed by atoms with Crippen LogP contribution in [0.25, 0.3) is 0 Å².